The zero-order valence-electron chi connectivity index (χ0n) is 10.9. The predicted octanol–water partition coefficient (Wildman–Crippen LogP) is 3.01. The van der Waals surface area contributed by atoms with E-state index in [1.54, 1.807) is 36.5 Å². The van der Waals surface area contributed by atoms with Crippen molar-refractivity contribution in [3.8, 4) is 0 Å². The van der Waals surface area contributed by atoms with Crippen LogP contribution in [0.25, 0.3) is 0 Å². The number of nitrogens with zero attached hydrogens (tertiary/aromatic N) is 1. The molecule has 1 aromatic heterocycles. The monoisotopic (exact) mass is 276 g/mol. The maximum atomic E-state index is 12.1. The first-order valence-electron chi connectivity index (χ1n) is 6.03. The molecule has 0 saturated carbocycles. The van der Waals surface area contributed by atoms with Gasteiger partial charge in [-0.15, -0.1) is 0 Å². The van der Waals surface area contributed by atoms with Gasteiger partial charge in [0.2, 0.25) is 0 Å². The Morgan fingerprint density at radius 2 is 1.74 bits per heavy atom. The van der Waals surface area contributed by atoms with Gasteiger partial charge in [-0.25, -0.2) is 13.4 Å². The van der Waals surface area contributed by atoms with Crippen molar-refractivity contribution in [1.82, 2.24) is 4.98 Å². The summed E-state index contributed by atoms with van der Waals surface area (Å²) in [5, 5.41) is 0. The maximum Gasteiger partial charge on any atom is 0.263 e. The quantitative estimate of drug-likeness (QED) is 0.933. The Labute approximate surface area is 113 Å². The van der Waals surface area contributed by atoms with Gasteiger partial charge in [-0.1, -0.05) is 32.0 Å². The van der Waals surface area contributed by atoms with Crippen molar-refractivity contribution in [3.63, 3.8) is 0 Å². The number of anilines is 1. The van der Waals surface area contributed by atoms with Gasteiger partial charge < -0.3 is 0 Å². The molecule has 1 heterocycles. The second-order valence-electron chi connectivity index (χ2n) is 4.54. The Kier molecular flexibility index (Phi) is 3.85. The van der Waals surface area contributed by atoms with Gasteiger partial charge in [0.1, 0.15) is 5.82 Å². The van der Waals surface area contributed by atoms with E-state index in [2.05, 4.69) is 23.6 Å². The Hall–Kier alpha value is -1.88. The molecule has 4 nitrogen and oxygen atoms in total. The molecule has 0 fully saturated rings. The van der Waals surface area contributed by atoms with Gasteiger partial charge in [0, 0.05) is 6.20 Å². The number of sulfonamides is 1. The summed E-state index contributed by atoms with van der Waals surface area (Å²) in [6, 6.07) is 12.0. The van der Waals surface area contributed by atoms with E-state index in [0.717, 1.165) is 5.56 Å². The molecule has 0 bridgehead atoms. The molecule has 19 heavy (non-hydrogen) atoms. The fourth-order valence-electron chi connectivity index (χ4n) is 1.65. The average Bonchev–Trinajstić information content (AvgIpc) is 2.39. The standard InChI is InChI=1S/C14H16N2O2S/c1-11(2)12-6-8-13(9-7-12)19(17,18)16-14-5-3-4-10-15-14/h3-11H,1-2H3,(H,15,16). The summed E-state index contributed by atoms with van der Waals surface area (Å²) in [4.78, 5) is 4.18. The fourth-order valence-corrected chi connectivity index (χ4v) is 2.66. The van der Waals surface area contributed by atoms with Crippen LogP contribution in [-0.2, 0) is 10.0 Å². The zero-order valence-corrected chi connectivity index (χ0v) is 11.7. The molecule has 0 aliphatic carbocycles. The van der Waals surface area contributed by atoms with Gasteiger partial charge in [-0.2, -0.15) is 0 Å². The topological polar surface area (TPSA) is 59.1 Å². The molecule has 0 radical (unpaired) electrons. The van der Waals surface area contributed by atoms with Crippen molar-refractivity contribution in [2.45, 2.75) is 24.7 Å². The minimum Gasteiger partial charge on any atom is -0.263 e. The van der Waals surface area contributed by atoms with E-state index in [1.165, 1.54) is 0 Å². The highest BCUT2D eigenvalue weighted by atomic mass is 32.2. The zero-order chi connectivity index (χ0) is 13.9. The summed E-state index contributed by atoms with van der Waals surface area (Å²) in [7, 11) is -3.57. The number of nitrogens with one attached hydrogen (secondary N) is 1. The summed E-state index contributed by atoms with van der Waals surface area (Å²) in [5.41, 5.74) is 1.11. The van der Waals surface area contributed by atoms with E-state index in [4.69, 9.17) is 0 Å². The summed E-state index contributed by atoms with van der Waals surface area (Å²) in [6.45, 7) is 4.13. The van der Waals surface area contributed by atoms with Crippen LogP contribution in [0, 0.1) is 0 Å². The first-order valence-corrected chi connectivity index (χ1v) is 7.51. The van der Waals surface area contributed by atoms with Gasteiger partial charge in [-0.3, -0.25) is 4.72 Å². The summed E-state index contributed by atoms with van der Waals surface area (Å²) in [5.74, 6) is 0.691. The van der Waals surface area contributed by atoms with E-state index in [9.17, 15) is 8.42 Å². The van der Waals surface area contributed by atoms with Gasteiger partial charge in [-0.05, 0) is 35.7 Å². The van der Waals surface area contributed by atoms with Gasteiger partial charge in [0.25, 0.3) is 10.0 Å². The first kappa shape index (κ1) is 13.5. The van der Waals surface area contributed by atoms with Crippen LogP contribution in [0.3, 0.4) is 0 Å². The lowest BCUT2D eigenvalue weighted by Gasteiger charge is -2.09. The van der Waals surface area contributed by atoms with Gasteiger partial charge >= 0.3 is 0 Å². The van der Waals surface area contributed by atoms with Crippen LogP contribution in [0.4, 0.5) is 5.82 Å². The Morgan fingerprint density at radius 1 is 1.05 bits per heavy atom. The summed E-state index contributed by atoms with van der Waals surface area (Å²) in [6.07, 6.45) is 1.54. The number of hydrogen-bond donors (Lipinski definition) is 1. The normalized spacial score (nSPS) is 11.5. The van der Waals surface area contributed by atoms with Crippen LogP contribution < -0.4 is 4.72 Å². The van der Waals surface area contributed by atoms with Crippen LogP contribution in [0.1, 0.15) is 25.3 Å². The molecule has 0 spiro atoms. The number of aromatic nitrogens is 1. The lowest BCUT2D eigenvalue weighted by Crippen LogP contribution is -2.13. The van der Waals surface area contributed by atoms with Crippen molar-refractivity contribution >= 4 is 15.8 Å². The molecule has 1 aromatic carbocycles. The Balaban J connectivity index is 2.25. The van der Waals surface area contributed by atoms with Crippen LogP contribution in [-0.4, -0.2) is 13.4 Å². The molecule has 100 valence electrons. The smallest absolute Gasteiger partial charge is 0.263 e. The third-order valence-corrected chi connectivity index (χ3v) is 4.13. The van der Waals surface area contributed by atoms with Crippen LogP contribution in [0.15, 0.2) is 53.6 Å². The molecule has 5 heteroatoms. The van der Waals surface area contributed by atoms with E-state index in [-0.39, 0.29) is 4.90 Å². The molecule has 2 aromatic rings. The molecule has 2 rings (SSSR count). The predicted molar refractivity (Wildman–Crippen MR) is 75.6 cm³/mol. The van der Waals surface area contributed by atoms with Crippen LogP contribution >= 0.6 is 0 Å². The molecule has 0 aliphatic rings. The Morgan fingerprint density at radius 3 is 2.26 bits per heavy atom. The second kappa shape index (κ2) is 5.40. The van der Waals surface area contributed by atoms with E-state index >= 15 is 0 Å². The average molecular weight is 276 g/mol. The van der Waals surface area contributed by atoms with Crippen molar-refractivity contribution in [2.24, 2.45) is 0 Å². The summed E-state index contributed by atoms with van der Waals surface area (Å²) >= 11 is 0. The lowest BCUT2D eigenvalue weighted by molar-refractivity contribution is 0.601. The van der Waals surface area contributed by atoms with Crippen molar-refractivity contribution in [3.05, 3.63) is 54.2 Å². The number of hydrogen-bond acceptors (Lipinski definition) is 3. The molecular weight excluding hydrogens is 260 g/mol. The Bertz CT molecular complexity index is 635. The minimum atomic E-state index is -3.57. The minimum absolute atomic E-state index is 0.238. The molecule has 0 saturated heterocycles. The van der Waals surface area contributed by atoms with E-state index in [1.807, 2.05) is 12.1 Å². The number of rotatable bonds is 4. The van der Waals surface area contributed by atoms with Gasteiger partial charge in [0.15, 0.2) is 0 Å². The number of benzene rings is 1. The molecule has 1 N–H and O–H groups in total. The third-order valence-electron chi connectivity index (χ3n) is 2.76. The molecular formula is C14H16N2O2S. The number of pyridine rings is 1. The molecule has 0 amide bonds. The highest BCUT2D eigenvalue weighted by Crippen LogP contribution is 2.18. The molecule has 0 aliphatic heterocycles. The van der Waals surface area contributed by atoms with Crippen molar-refractivity contribution in [1.29, 1.82) is 0 Å². The van der Waals surface area contributed by atoms with Crippen LogP contribution in [0.5, 0.6) is 0 Å². The first-order chi connectivity index (χ1) is 8.99. The molecule has 0 unspecified atom stereocenters. The highest BCUT2D eigenvalue weighted by molar-refractivity contribution is 7.92. The third kappa shape index (κ3) is 3.32. The largest absolute Gasteiger partial charge is 0.263 e. The fraction of sp³-hybridized carbons (Fsp3) is 0.214. The second-order valence-corrected chi connectivity index (χ2v) is 6.23. The van der Waals surface area contributed by atoms with Crippen molar-refractivity contribution in [2.75, 3.05) is 4.72 Å². The summed E-state index contributed by atoms with van der Waals surface area (Å²) < 4.78 is 26.7. The SMILES string of the molecule is CC(C)c1ccc(S(=O)(=O)Nc2ccccn2)cc1. The van der Waals surface area contributed by atoms with E-state index < -0.39 is 10.0 Å². The highest BCUT2D eigenvalue weighted by Gasteiger charge is 2.14. The van der Waals surface area contributed by atoms with Crippen molar-refractivity contribution < 1.29 is 8.42 Å². The van der Waals surface area contributed by atoms with Gasteiger partial charge in [0.05, 0.1) is 4.90 Å². The van der Waals surface area contributed by atoms with Crippen LogP contribution in [0.2, 0.25) is 0 Å². The maximum absolute atomic E-state index is 12.1. The molecule has 0 atom stereocenters. The van der Waals surface area contributed by atoms with E-state index in [0.29, 0.717) is 11.7 Å². The lowest BCUT2D eigenvalue weighted by atomic mass is 10.0.